The predicted octanol–water partition coefficient (Wildman–Crippen LogP) is 1.90. The topological polar surface area (TPSA) is 41.3 Å². The van der Waals surface area contributed by atoms with E-state index in [1.807, 2.05) is 18.7 Å². The lowest BCUT2D eigenvalue weighted by molar-refractivity contribution is -0.0211. The lowest BCUT2D eigenvalue weighted by atomic mass is 9.84. The predicted molar refractivity (Wildman–Crippen MR) is 72.4 cm³/mol. The highest BCUT2D eigenvalue weighted by atomic mass is 16.3. The molecule has 102 valence electrons. The summed E-state index contributed by atoms with van der Waals surface area (Å²) in [5.74, 6) is 0. The van der Waals surface area contributed by atoms with Crippen LogP contribution in [0, 0.1) is 0 Å². The zero-order chi connectivity index (χ0) is 12.8. The fourth-order valence-corrected chi connectivity index (χ4v) is 2.89. The van der Waals surface area contributed by atoms with Gasteiger partial charge < -0.3 is 14.6 Å². The van der Waals surface area contributed by atoms with Gasteiger partial charge in [0.15, 0.2) is 0 Å². The van der Waals surface area contributed by atoms with E-state index in [1.54, 1.807) is 0 Å². The minimum Gasteiger partial charge on any atom is -0.389 e. The van der Waals surface area contributed by atoms with Gasteiger partial charge in [-0.25, -0.2) is 4.98 Å². The normalized spacial score (nSPS) is 19.3. The van der Waals surface area contributed by atoms with Crippen LogP contribution in [0.15, 0.2) is 18.7 Å². The number of hydrogen-bond acceptors (Lipinski definition) is 3. The molecule has 0 atom stereocenters. The van der Waals surface area contributed by atoms with Gasteiger partial charge in [-0.15, -0.1) is 0 Å². The first-order valence-electron chi connectivity index (χ1n) is 7.05. The number of rotatable bonds is 6. The third-order valence-corrected chi connectivity index (χ3v) is 3.86. The molecule has 0 radical (unpaired) electrons. The molecule has 1 fully saturated rings. The molecule has 1 heterocycles. The molecular formula is C14H25N3O. The standard InChI is InChI=1S/C14H25N3O/c1-16(9-5-10-17-11-8-15-13-17)12-14(18)6-3-2-4-7-14/h8,11,13,18H,2-7,9-10,12H2,1H3. The Labute approximate surface area is 110 Å². The van der Waals surface area contributed by atoms with Gasteiger partial charge in [0.25, 0.3) is 0 Å². The molecule has 4 nitrogen and oxygen atoms in total. The highest BCUT2D eigenvalue weighted by Crippen LogP contribution is 2.28. The Hall–Kier alpha value is -0.870. The summed E-state index contributed by atoms with van der Waals surface area (Å²) in [4.78, 5) is 6.30. The molecule has 1 saturated carbocycles. The van der Waals surface area contributed by atoms with Crippen LogP contribution in [0.4, 0.5) is 0 Å². The molecule has 0 saturated heterocycles. The zero-order valence-corrected chi connectivity index (χ0v) is 11.4. The van der Waals surface area contributed by atoms with E-state index in [2.05, 4.69) is 21.5 Å². The molecule has 2 rings (SSSR count). The number of aliphatic hydroxyl groups is 1. The molecule has 1 N–H and O–H groups in total. The summed E-state index contributed by atoms with van der Waals surface area (Å²) in [6, 6.07) is 0. The van der Waals surface area contributed by atoms with Crippen molar-refractivity contribution in [1.29, 1.82) is 0 Å². The molecule has 0 spiro atoms. The van der Waals surface area contributed by atoms with E-state index >= 15 is 0 Å². The summed E-state index contributed by atoms with van der Waals surface area (Å²) in [5.41, 5.74) is -0.429. The van der Waals surface area contributed by atoms with E-state index in [9.17, 15) is 5.11 Å². The Kier molecular flexibility index (Phi) is 4.78. The average Bonchev–Trinajstić information content (AvgIpc) is 2.82. The fourth-order valence-electron chi connectivity index (χ4n) is 2.89. The minimum atomic E-state index is -0.429. The summed E-state index contributed by atoms with van der Waals surface area (Å²) in [6.45, 7) is 2.85. The van der Waals surface area contributed by atoms with E-state index in [0.29, 0.717) is 0 Å². The monoisotopic (exact) mass is 251 g/mol. The molecule has 18 heavy (non-hydrogen) atoms. The van der Waals surface area contributed by atoms with E-state index in [1.165, 1.54) is 19.3 Å². The summed E-state index contributed by atoms with van der Waals surface area (Å²) in [6.07, 6.45) is 12.4. The summed E-state index contributed by atoms with van der Waals surface area (Å²) < 4.78 is 2.10. The van der Waals surface area contributed by atoms with E-state index in [-0.39, 0.29) is 0 Å². The molecule has 0 bridgehead atoms. The van der Waals surface area contributed by atoms with Crippen molar-refractivity contribution in [3.8, 4) is 0 Å². The van der Waals surface area contributed by atoms with Crippen LogP contribution in [-0.2, 0) is 6.54 Å². The molecule has 1 aromatic rings. The molecule has 1 aliphatic rings. The van der Waals surface area contributed by atoms with Gasteiger partial charge in [-0.05, 0) is 32.9 Å². The summed E-state index contributed by atoms with van der Waals surface area (Å²) in [5, 5.41) is 10.5. The third kappa shape index (κ3) is 4.10. The Morgan fingerprint density at radius 1 is 1.33 bits per heavy atom. The molecule has 0 aliphatic heterocycles. The van der Waals surface area contributed by atoms with Crippen molar-refractivity contribution in [3.63, 3.8) is 0 Å². The second kappa shape index (κ2) is 6.34. The Bertz CT molecular complexity index is 331. The maximum atomic E-state index is 10.5. The lowest BCUT2D eigenvalue weighted by Crippen LogP contribution is -2.43. The largest absolute Gasteiger partial charge is 0.389 e. The first-order chi connectivity index (χ1) is 8.68. The molecule has 1 aliphatic carbocycles. The number of imidazole rings is 1. The number of likely N-dealkylation sites (N-methyl/N-ethyl adjacent to an activating group) is 1. The summed E-state index contributed by atoms with van der Waals surface area (Å²) >= 11 is 0. The van der Waals surface area contributed by atoms with Crippen LogP contribution in [-0.4, -0.2) is 45.3 Å². The summed E-state index contributed by atoms with van der Waals surface area (Å²) in [7, 11) is 2.11. The third-order valence-electron chi connectivity index (χ3n) is 3.86. The van der Waals surface area contributed by atoms with Crippen LogP contribution in [0.5, 0.6) is 0 Å². The van der Waals surface area contributed by atoms with Crippen molar-refractivity contribution < 1.29 is 5.11 Å². The van der Waals surface area contributed by atoms with Gasteiger partial charge in [-0.3, -0.25) is 0 Å². The maximum Gasteiger partial charge on any atom is 0.0945 e. The molecule has 4 heteroatoms. The second-order valence-electron chi connectivity index (χ2n) is 5.68. The number of nitrogens with zero attached hydrogens (tertiary/aromatic N) is 3. The molecule has 0 aromatic carbocycles. The van der Waals surface area contributed by atoms with E-state index < -0.39 is 5.60 Å². The van der Waals surface area contributed by atoms with Crippen LogP contribution >= 0.6 is 0 Å². The second-order valence-corrected chi connectivity index (χ2v) is 5.68. The van der Waals surface area contributed by atoms with Crippen LogP contribution in [0.2, 0.25) is 0 Å². The lowest BCUT2D eigenvalue weighted by Gasteiger charge is -2.35. The van der Waals surface area contributed by atoms with Crippen molar-refractivity contribution in [2.24, 2.45) is 0 Å². The van der Waals surface area contributed by atoms with Gasteiger partial charge in [0.1, 0.15) is 0 Å². The van der Waals surface area contributed by atoms with Gasteiger partial charge >= 0.3 is 0 Å². The highest BCUT2D eigenvalue weighted by Gasteiger charge is 2.29. The fraction of sp³-hybridized carbons (Fsp3) is 0.786. The molecule has 0 amide bonds. The van der Waals surface area contributed by atoms with E-state index in [0.717, 1.165) is 38.9 Å². The van der Waals surface area contributed by atoms with Gasteiger partial charge in [0.05, 0.1) is 11.9 Å². The molecule has 0 unspecified atom stereocenters. The Morgan fingerprint density at radius 3 is 2.78 bits per heavy atom. The van der Waals surface area contributed by atoms with Crippen LogP contribution in [0.25, 0.3) is 0 Å². The van der Waals surface area contributed by atoms with Crippen molar-refractivity contribution in [2.75, 3.05) is 20.1 Å². The number of hydrogen-bond donors (Lipinski definition) is 1. The zero-order valence-electron chi connectivity index (χ0n) is 11.4. The smallest absolute Gasteiger partial charge is 0.0945 e. The van der Waals surface area contributed by atoms with Crippen molar-refractivity contribution >= 4 is 0 Å². The van der Waals surface area contributed by atoms with Gasteiger partial charge in [0.2, 0.25) is 0 Å². The highest BCUT2D eigenvalue weighted by molar-refractivity contribution is 4.84. The first kappa shape index (κ1) is 13.6. The molecule has 1 aromatic heterocycles. The number of aryl methyl sites for hydroxylation is 1. The van der Waals surface area contributed by atoms with Crippen molar-refractivity contribution in [3.05, 3.63) is 18.7 Å². The van der Waals surface area contributed by atoms with Gasteiger partial charge in [0, 0.05) is 25.5 Å². The van der Waals surface area contributed by atoms with Crippen molar-refractivity contribution in [2.45, 2.75) is 50.7 Å². The minimum absolute atomic E-state index is 0.429. The van der Waals surface area contributed by atoms with Crippen molar-refractivity contribution in [1.82, 2.24) is 14.5 Å². The van der Waals surface area contributed by atoms with Gasteiger partial charge in [-0.2, -0.15) is 0 Å². The van der Waals surface area contributed by atoms with Crippen LogP contribution < -0.4 is 0 Å². The van der Waals surface area contributed by atoms with Crippen LogP contribution in [0.1, 0.15) is 38.5 Å². The van der Waals surface area contributed by atoms with Crippen LogP contribution in [0.3, 0.4) is 0 Å². The number of aromatic nitrogens is 2. The first-order valence-corrected chi connectivity index (χ1v) is 7.05. The Balaban J connectivity index is 1.66. The molecular weight excluding hydrogens is 226 g/mol. The SMILES string of the molecule is CN(CCCn1ccnc1)CC1(O)CCCCC1. The average molecular weight is 251 g/mol. The van der Waals surface area contributed by atoms with E-state index in [4.69, 9.17) is 0 Å². The Morgan fingerprint density at radius 2 is 2.11 bits per heavy atom. The van der Waals surface area contributed by atoms with Gasteiger partial charge in [-0.1, -0.05) is 19.3 Å². The maximum absolute atomic E-state index is 10.5. The quantitative estimate of drug-likeness (QED) is 0.839.